The van der Waals surface area contributed by atoms with Gasteiger partial charge in [-0.1, -0.05) is 12.1 Å². The molecule has 0 atom stereocenters. The number of pyridine rings is 1. The first kappa shape index (κ1) is 17.6. The third-order valence-corrected chi connectivity index (χ3v) is 4.87. The van der Waals surface area contributed by atoms with E-state index in [1.54, 1.807) is 18.3 Å². The molecular weight excluding hydrogens is 347 g/mol. The van der Waals surface area contributed by atoms with Crippen molar-refractivity contribution < 1.29 is 14.4 Å². The Morgan fingerprint density at radius 1 is 1.26 bits per heavy atom. The molecule has 1 aliphatic rings. The van der Waals surface area contributed by atoms with Crippen molar-refractivity contribution in [2.24, 2.45) is 0 Å². The molecule has 0 bridgehead atoms. The van der Waals surface area contributed by atoms with Gasteiger partial charge in [-0.05, 0) is 49.3 Å². The summed E-state index contributed by atoms with van der Waals surface area (Å²) in [4.78, 5) is 18.7. The highest BCUT2D eigenvalue weighted by molar-refractivity contribution is 6.00. The van der Waals surface area contributed by atoms with Gasteiger partial charge in [-0.2, -0.15) is 0 Å². The smallest absolute Gasteiger partial charge is 0.296 e. The fourth-order valence-corrected chi connectivity index (χ4v) is 3.69. The average Bonchev–Trinajstić information content (AvgIpc) is 2.97. The lowest BCUT2D eigenvalue weighted by atomic mass is 9.99. The van der Waals surface area contributed by atoms with Gasteiger partial charge >= 0.3 is 0 Å². The molecule has 3 heterocycles. The lowest BCUT2D eigenvalue weighted by molar-refractivity contribution is -0.0606. The van der Waals surface area contributed by atoms with E-state index < -0.39 is 5.91 Å². The summed E-state index contributed by atoms with van der Waals surface area (Å²) in [7, 11) is 3.99. The van der Waals surface area contributed by atoms with Crippen molar-refractivity contribution in [2.45, 2.75) is 19.5 Å². The summed E-state index contributed by atoms with van der Waals surface area (Å²) >= 11 is 0. The zero-order valence-corrected chi connectivity index (χ0v) is 15.3. The van der Waals surface area contributed by atoms with Crippen LogP contribution in [-0.2, 0) is 19.5 Å². The molecule has 0 fully saturated rings. The lowest BCUT2D eigenvalue weighted by Gasteiger charge is -2.23. The van der Waals surface area contributed by atoms with E-state index in [4.69, 9.17) is 0 Å². The minimum Gasteiger partial charge on any atom is -0.341 e. The number of benzene rings is 1. The fraction of sp³-hybridized carbons (Fsp3) is 0.300. The van der Waals surface area contributed by atoms with Gasteiger partial charge in [0.05, 0.1) is 18.3 Å². The molecule has 0 saturated carbocycles. The van der Waals surface area contributed by atoms with Crippen LogP contribution < -0.4 is 0 Å². The molecule has 0 unspecified atom stereocenters. The van der Waals surface area contributed by atoms with Crippen LogP contribution in [0.3, 0.4) is 0 Å². The Labute approximate surface area is 156 Å². The molecule has 0 aliphatic carbocycles. The van der Waals surface area contributed by atoms with E-state index in [2.05, 4.69) is 20.6 Å². The predicted octanol–water partition coefficient (Wildman–Crippen LogP) is 2.67. The van der Waals surface area contributed by atoms with E-state index in [0.717, 1.165) is 39.2 Å². The average molecular weight is 368 g/mol. The van der Waals surface area contributed by atoms with E-state index in [0.29, 0.717) is 18.7 Å². The minimum absolute atomic E-state index is 0.257. The maximum Gasteiger partial charge on any atom is 0.296 e. The van der Waals surface area contributed by atoms with Crippen LogP contribution in [0, 0.1) is 5.82 Å². The molecule has 3 aromatic rings. The molecule has 0 saturated heterocycles. The van der Waals surface area contributed by atoms with Gasteiger partial charge in [0, 0.05) is 24.7 Å². The molecule has 1 amide bonds. The molecule has 0 radical (unpaired) electrons. The molecule has 1 aromatic carbocycles. The van der Waals surface area contributed by atoms with Crippen molar-refractivity contribution in [1.29, 1.82) is 0 Å². The molecule has 7 heteroatoms. The van der Waals surface area contributed by atoms with Crippen molar-refractivity contribution in [2.75, 3.05) is 20.6 Å². The Morgan fingerprint density at radius 2 is 2.00 bits per heavy atom. The van der Waals surface area contributed by atoms with Gasteiger partial charge in [0.1, 0.15) is 11.5 Å². The number of carbonyl (C=O) groups is 1. The number of nitrogens with zero attached hydrogens (tertiary/aromatic N) is 4. The van der Waals surface area contributed by atoms with Crippen LogP contribution in [0.1, 0.15) is 27.2 Å². The lowest BCUT2D eigenvalue weighted by Crippen LogP contribution is -2.35. The molecule has 1 aliphatic heterocycles. The first-order valence-corrected chi connectivity index (χ1v) is 8.83. The third kappa shape index (κ3) is 3.20. The highest BCUT2D eigenvalue weighted by atomic mass is 19.1. The number of hydroxylamine groups is 2. The van der Waals surface area contributed by atoms with Gasteiger partial charge in [0.25, 0.3) is 5.91 Å². The molecule has 2 aromatic heterocycles. The molecule has 4 rings (SSSR count). The van der Waals surface area contributed by atoms with Crippen molar-refractivity contribution >= 4 is 16.8 Å². The first-order chi connectivity index (χ1) is 12.9. The minimum atomic E-state index is -0.458. The second-order valence-electron chi connectivity index (χ2n) is 7.17. The van der Waals surface area contributed by atoms with Crippen LogP contribution in [0.5, 0.6) is 0 Å². The Kier molecular flexibility index (Phi) is 4.41. The molecule has 0 spiro atoms. The number of rotatable bonds is 4. The largest absolute Gasteiger partial charge is 0.341 e. The van der Waals surface area contributed by atoms with Crippen LogP contribution in [-0.4, -0.2) is 51.3 Å². The van der Waals surface area contributed by atoms with Gasteiger partial charge in [-0.25, -0.2) is 14.4 Å². The SMILES string of the molecule is CN(C)Cc1cn(Cc2ccc(F)cc2)c2cnc3c(c12)CCN(O)C3=O. The first-order valence-electron chi connectivity index (χ1n) is 8.83. The van der Waals surface area contributed by atoms with Crippen molar-refractivity contribution in [1.82, 2.24) is 19.5 Å². The fourth-order valence-electron chi connectivity index (χ4n) is 3.69. The number of halogens is 1. The standard InChI is InChI=1S/C20H21FN4O2/c1-23(2)11-14-12-24(10-13-3-5-15(21)6-4-13)17-9-22-19-16(18(14)17)7-8-25(27)20(19)26/h3-6,9,12,27H,7-8,10-11H2,1-2H3. The van der Waals surface area contributed by atoms with E-state index in [1.807, 2.05) is 14.1 Å². The van der Waals surface area contributed by atoms with Gasteiger partial charge in [-0.15, -0.1) is 0 Å². The molecule has 140 valence electrons. The summed E-state index contributed by atoms with van der Waals surface area (Å²) in [6.45, 7) is 1.57. The monoisotopic (exact) mass is 368 g/mol. The highest BCUT2D eigenvalue weighted by Crippen LogP contribution is 2.31. The maximum atomic E-state index is 13.2. The van der Waals surface area contributed by atoms with E-state index in [9.17, 15) is 14.4 Å². The molecular formula is C20H21FN4O2. The Hall–Kier alpha value is -2.77. The van der Waals surface area contributed by atoms with E-state index in [1.165, 1.54) is 12.1 Å². The topological polar surface area (TPSA) is 61.6 Å². The number of aromatic nitrogens is 2. The third-order valence-electron chi connectivity index (χ3n) is 4.87. The van der Waals surface area contributed by atoms with Crippen molar-refractivity contribution in [3.8, 4) is 0 Å². The summed E-state index contributed by atoms with van der Waals surface area (Å²) in [6.07, 6.45) is 4.32. The Balaban J connectivity index is 1.86. The number of hydrogen-bond acceptors (Lipinski definition) is 4. The van der Waals surface area contributed by atoms with Crippen molar-refractivity contribution in [3.63, 3.8) is 0 Å². The van der Waals surface area contributed by atoms with Crippen LogP contribution in [0.25, 0.3) is 10.9 Å². The number of hydrogen-bond donors (Lipinski definition) is 1. The maximum absolute atomic E-state index is 13.2. The molecule has 6 nitrogen and oxygen atoms in total. The number of amides is 1. The van der Waals surface area contributed by atoms with Crippen LogP contribution >= 0.6 is 0 Å². The van der Waals surface area contributed by atoms with Crippen LogP contribution in [0.15, 0.2) is 36.7 Å². The predicted molar refractivity (Wildman–Crippen MR) is 99.2 cm³/mol. The van der Waals surface area contributed by atoms with Gasteiger partial charge in [-0.3, -0.25) is 10.0 Å². The van der Waals surface area contributed by atoms with Crippen LogP contribution in [0.2, 0.25) is 0 Å². The van der Waals surface area contributed by atoms with Gasteiger partial charge in [0.2, 0.25) is 0 Å². The number of fused-ring (bicyclic) bond motifs is 3. The molecule has 1 N–H and O–H groups in total. The Bertz CT molecular complexity index is 1010. The summed E-state index contributed by atoms with van der Waals surface area (Å²) in [5.41, 5.74) is 4.23. The second kappa shape index (κ2) is 6.75. The second-order valence-corrected chi connectivity index (χ2v) is 7.17. The van der Waals surface area contributed by atoms with Gasteiger partial charge < -0.3 is 9.47 Å². The summed E-state index contributed by atoms with van der Waals surface area (Å²) in [6, 6.07) is 6.45. The zero-order chi connectivity index (χ0) is 19.1. The zero-order valence-electron chi connectivity index (χ0n) is 15.3. The normalized spacial score (nSPS) is 14.3. The molecule has 27 heavy (non-hydrogen) atoms. The highest BCUT2D eigenvalue weighted by Gasteiger charge is 2.28. The summed E-state index contributed by atoms with van der Waals surface area (Å²) in [5, 5.41) is 11.5. The van der Waals surface area contributed by atoms with Crippen LogP contribution in [0.4, 0.5) is 4.39 Å². The van der Waals surface area contributed by atoms with Crippen molar-refractivity contribution in [3.05, 3.63) is 64.9 Å². The number of carbonyl (C=O) groups excluding carboxylic acids is 1. The Morgan fingerprint density at radius 3 is 2.70 bits per heavy atom. The van der Waals surface area contributed by atoms with E-state index >= 15 is 0 Å². The quantitative estimate of drug-likeness (QED) is 0.720. The summed E-state index contributed by atoms with van der Waals surface area (Å²) < 4.78 is 15.3. The summed E-state index contributed by atoms with van der Waals surface area (Å²) in [5.74, 6) is -0.715. The van der Waals surface area contributed by atoms with E-state index in [-0.39, 0.29) is 12.4 Å². The van der Waals surface area contributed by atoms with Gasteiger partial charge in [0.15, 0.2) is 0 Å².